The number of ether oxygens (including phenoxy) is 1. The van der Waals surface area contributed by atoms with Gasteiger partial charge < -0.3 is 10.1 Å². The van der Waals surface area contributed by atoms with Gasteiger partial charge in [-0.15, -0.1) is 0 Å². The van der Waals surface area contributed by atoms with Gasteiger partial charge in [0, 0.05) is 10.9 Å². The van der Waals surface area contributed by atoms with Crippen molar-refractivity contribution in [2.24, 2.45) is 0 Å². The highest BCUT2D eigenvalue weighted by molar-refractivity contribution is 6.04. The van der Waals surface area contributed by atoms with Gasteiger partial charge in [-0.05, 0) is 69.2 Å². The summed E-state index contributed by atoms with van der Waals surface area (Å²) in [6.45, 7) is 8.47. The molecule has 0 aliphatic rings. The van der Waals surface area contributed by atoms with Crippen LogP contribution in [0.15, 0.2) is 48.7 Å². The van der Waals surface area contributed by atoms with Crippen LogP contribution in [0.25, 0.3) is 16.7 Å². The zero-order valence-electron chi connectivity index (χ0n) is 18.4. The molecule has 32 heavy (non-hydrogen) atoms. The average Bonchev–Trinajstić information content (AvgIpc) is 3.17. The van der Waals surface area contributed by atoms with Gasteiger partial charge in [0.1, 0.15) is 17.4 Å². The number of amides is 1. The van der Waals surface area contributed by atoms with Crippen LogP contribution in [-0.2, 0) is 0 Å². The van der Waals surface area contributed by atoms with E-state index >= 15 is 0 Å². The van der Waals surface area contributed by atoms with Crippen molar-refractivity contribution in [2.45, 2.75) is 27.7 Å². The van der Waals surface area contributed by atoms with E-state index in [4.69, 9.17) is 9.72 Å². The number of hydrogen-bond donors (Lipinski definition) is 1. The largest absolute Gasteiger partial charge is 0.494 e. The summed E-state index contributed by atoms with van der Waals surface area (Å²) in [6.07, 6.45) is 1.43. The predicted octanol–water partition coefficient (Wildman–Crippen LogP) is 4.87. The number of anilines is 1. The Morgan fingerprint density at radius 2 is 1.97 bits per heavy atom. The molecule has 0 bridgehead atoms. The van der Waals surface area contributed by atoms with Crippen LogP contribution >= 0.6 is 0 Å². The first-order valence-electron chi connectivity index (χ1n) is 10.3. The molecule has 0 unspecified atom stereocenters. The van der Waals surface area contributed by atoms with Crippen molar-refractivity contribution in [1.82, 2.24) is 14.8 Å². The number of hydrogen-bond acceptors (Lipinski definition) is 5. The average molecular weight is 425 g/mol. The number of pyridine rings is 1. The minimum absolute atomic E-state index is 0.250. The molecule has 4 aromatic rings. The van der Waals surface area contributed by atoms with Crippen LogP contribution in [0, 0.1) is 32.1 Å². The maximum absolute atomic E-state index is 13.0. The second-order valence-corrected chi connectivity index (χ2v) is 7.62. The van der Waals surface area contributed by atoms with Crippen LogP contribution in [-0.4, -0.2) is 27.3 Å². The summed E-state index contributed by atoms with van der Waals surface area (Å²) in [7, 11) is 0. The third kappa shape index (κ3) is 3.91. The Morgan fingerprint density at radius 3 is 2.72 bits per heavy atom. The fourth-order valence-corrected chi connectivity index (χ4v) is 3.73. The smallest absolute Gasteiger partial charge is 0.256 e. The summed E-state index contributed by atoms with van der Waals surface area (Å²) < 4.78 is 6.98. The van der Waals surface area contributed by atoms with Crippen LogP contribution in [0.1, 0.15) is 39.5 Å². The number of nitriles is 1. The Morgan fingerprint density at radius 1 is 1.16 bits per heavy atom. The number of nitrogens with one attached hydrogen (secondary N) is 1. The van der Waals surface area contributed by atoms with E-state index in [1.54, 1.807) is 24.3 Å². The van der Waals surface area contributed by atoms with Gasteiger partial charge in [-0.3, -0.25) is 4.79 Å². The monoisotopic (exact) mass is 425 g/mol. The lowest BCUT2D eigenvalue weighted by molar-refractivity contribution is 0.102. The van der Waals surface area contributed by atoms with E-state index in [2.05, 4.69) is 35.5 Å². The molecule has 1 N–H and O–H groups in total. The zero-order chi connectivity index (χ0) is 22.8. The van der Waals surface area contributed by atoms with E-state index in [0.717, 1.165) is 22.0 Å². The molecule has 0 saturated carbocycles. The lowest BCUT2D eigenvalue weighted by Crippen LogP contribution is -2.16. The molecule has 0 fully saturated rings. The highest BCUT2D eigenvalue weighted by Gasteiger charge is 2.18. The van der Waals surface area contributed by atoms with Crippen LogP contribution < -0.4 is 10.1 Å². The Bertz CT molecular complexity index is 1380. The first-order chi connectivity index (χ1) is 15.4. The first kappa shape index (κ1) is 21.1. The number of fused-ring (bicyclic) bond motifs is 1. The molecule has 7 heteroatoms. The number of aryl methyl sites for hydroxylation is 3. The van der Waals surface area contributed by atoms with Crippen molar-refractivity contribution in [1.29, 1.82) is 5.26 Å². The predicted molar refractivity (Wildman–Crippen MR) is 123 cm³/mol. The van der Waals surface area contributed by atoms with Gasteiger partial charge in [0.05, 0.1) is 18.3 Å². The van der Waals surface area contributed by atoms with Crippen molar-refractivity contribution >= 4 is 22.6 Å². The van der Waals surface area contributed by atoms with Gasteiger partial charge in [-0.2, -0.15) is 15.0 Å². The van der Waals surface area contributed by atoms with E-state index in [1.165, 1.54) is 16.4 Å². The molecule has 0 saturated heterocycles. The van der Waals surface area contributed by atoms with Gasteiger partial charge in [-0.1, -0.05) is 17.7 Å². The van der Waals surface area contributed by atoms with Crippen LogP contribution in [0.2, 0.25) is 0 Å². The molecule has 0 aliphatic carbocycles. The number of benzene rings is 2. The minimum Gasteiger partial charge on any atom is -0.494 e. The fraction of sp³-hybridized carbons (Fsp3) is 0.200. The highest BCUT2D eigenvalue weighted by Crippen LogP contribution is 2.27. The summed E-state index contributed by atoms with van der Waals surface area (Å²) in [5, 5.41) is 17.8. The normalized spacial score (nSPS) is 10.7. The fourth-order valence-electron chi connectivity index (χ4n) is 3.73. The van der Waals surface area contributed by atoms with Gasteiger partial charge in [0.25, 0.3) is 5.91 Å². The molecular formula is C25H23N5O2. The molecule has 2 aromatic carbocycles. The first-order valence-corrected chi connectivity index (χ1v) is 10.3. The van der Waals surface area contributed by atoms with Crippen molar-refractivity contribution in [3.8, 4) is 17.6 Å². The maximum atomic E-state index is 13.0. The quantitative estimate of drug-likeness (QED) is 0.492. The van der Waals surface area contributed by atoms with E-state index < -0.39 is 0 Å². The van der Waals surface area contributed by atoms with Crippen LogP contribution in [0.5, 0.6) is 5.75 Å². The third-order valence-electron chi connectivity index (χ3n) is 5.19. The molecule has 0 atom stereocenters. The minimum atomic E-state index is -0.367. The van der Waals surface area contributed by atoms with Gasteiger partial charge in [0.2, 0.25) is 0 Å². The lowest BCUT2D eigenvalue weighted by Gasteiger charge is -2.13. The summed E-state index contributed by atoms with van der Waals surface area (Å²) in [4.78, 5) is 17.7. The molecule has 2 aromatic heterocycles. The SMILES string of the molecule is CCOc1cccc(C(=O)Nc2c(C#N)cnn2-c2cc(C)c3cc(C)cc(C)c3n2)c1. The highest BCUT2D eigenvalue weighted by atomic mass is 16.5. The summed E-state index contributed by atoms with van der Waals surface area (Å²) in [5.74, 6) is 1.04. The summed E-state index contributed by atoms with van der Waals surface area (Å²) in [6, 6.07) is 15.1. The van der Waals surface area contributed by atoms with Crippen molar-refractivity contribution in [3.63, 3.8) is 0 Å². The zero-order valence-corrected chi connectivity index (χ0v) is 18.4. The second-order valence-electron chi connectivity index (χ2n) is 7.62. The Balaban J connectivity index is 1.77. The molecule has 4 rings (SSSR count). The standard InChI is InChI=1S/C25H23N5O2/c1-5-32-20-8-6-7-18(12-20)25(31)29-24-19(13-26)14-27-30(24)22-11-16(3)21-10-15(2)9-17(4)23(21)28-22/h6-12,14H,5H2,1-4H3,(H,29,31). The molecule has 1 amide bonds. The van der Waals surface area contributed by atoms with Crippen molar-refractivity contribution in [2.75, 3.05) is 11.9 Å². The van der Waals surface area contributed by atoms with Gasteiger partial charge >= 0.3 is 0 Å². The Labute approximate surface area is 186 Å². The summed E-state index contributed by atoms with van der Waals surface area (Å²) in [5.41, 5.74) is 4.78. The Kier molecular flexibility index (Phi) is 5.61. The third-order valence-corrected chi connectivity index (χ3v) is 5.19. The molecule has 0 aliphatic heterocycles. The molecule has 160 valence electrons. The molecule has 0 radical (unpaired) electrons. The van der Waals surface area contributed by atoms with E-state index in [-0.39, 0.29) is 17.3 Å². The van der Waals surface area contributed by atoms with Crippen LogP contribution in [0.3, 0.4) is 0 Å². The van der Waals surface area contributed by atoms with Crippen LogP contribution in [0.4, 0.5) is 5.82 Å². The molecule has 2 heterocycles. The number of carbonyl (C=O) groups excluding carboxylic acids is 1. The van der Waals surface area contributed by atoms with E-state index in [9.17, 15) is 10.1 Å². The number of carbonyl (C=O) groups is 1. The van der Waals surface area contributed by atoms with Crippen molar-refractivity contribution in [3.05, 3.63) is 76.5 Å². The lowest BCUT2D eigenvalue weighted by atomic mass is 10.0. The molecular weight excluding hydrogens is 402 g/mol. The van der Waals surface area contributed by atoms with E-state index in [1.807, 2.05) is 26.8 Å². The topological polar surface area (TPSA) is 92.8 Å². The number of rotatable bonds is 5. The second kappa shape index (κ2) is 8.52. The van der Waals surface area contributed by atoms with Gasteiger partial charge in [0.15, 0.2) is 11.6 Å². The Hall–Kier alpha value is -4.18. The summed E-state index contributed by atoms with van der Waals surface area (Å²) >= 11 is 0. The maximum Gasteiger partial charge on any atom is 0.256 e. The molecule has 7 nitrogen and oxygen atoms in total. The molecule has 0 spiro atoms. The van der Waals surface area contributed by atoms with Gasteiger partial charge in [-0.25, -0.2) is 4.98 Å². The number of nitrogens with zero attached hydrogens (tertiary/aromatic N) is 4. The number of aromatic nitrogens is 3. The van der Waals surface area contributed by atoms with E-state index in [0.29, 0.717) is 23.7 Å². The van der Waals surface area contributed by atoms with Crippen molar-refractivity contribution < 1.29 is 9.53 Å².